The van der Waals surface area contributed by atoms with Crippen molar-refractivity contribution in [3.63, 3.8) is 0 Å². The van der Waals surface area contributed by atoms with Gasteiger partial charge in [-0.25, -0.2) is 23.8 Å². The van der Waals surface area contributed by atoms with Crippen LogP contribution in [0.1, 0.15) is 43.7 Å². The third-order valence-electron chi connectivity index (χ3n) is 9.47. The van der Waals surface area contributed by atoms with Gasteiger partial charge in [-0.15, -0.1) is 0 Å². The summed E-state index contributed by atoms with van der Waals surface area (Å²) in [4.78, 5) is 32.0. The molecular formula is C34H39F2N7O4. The van der Waals surface area contributed by atoms with Gasteiger partial charge in [0.15, 0.2) is 5.82 Å². The van der Waals surface area contributed by atoms with E-state index >= 15 is 0 Å². The molecule has 248 valence electrons. The first-order valence-electron chi connectivity index (χ1n) is 16.1. The SMILES string of the molecule is C=CC(=O)Nc1cc(Nc2cc(N3OCC[C@@H]3c3cc(F)cc(F)c3)ncn2)c(OC)cc1N1CCC(N2C[C@H]3CC[C@@H](C2)O3)CC1. The highest BCUT2D eigenvalue weighted by Crippen LogP contribution is 2.41. The lowest BCUT2D eigenvalue weighted by molar-refractivity contribution is -0.111. The minimum Gasteiger partial charge on any atom is -0.494 e. The number of fused-ring (bicyclic) bond motifs is 2. The molecule has 11 nitrogen and oxygen atoms in total. The number of nitrogens with one attached hydrogen (secondary N) is 2. The van der Waals surface area contributed by atoms with E-state index in [2.05, 4.69) is 37.0 Å². The van der Waals surface area contributed by atoms with Gasteiger partial charge in [-0.3, -0.25) is 14.5 Å². The van der Waals surface area contributed by atoms with E-state index in [0.29, 0.717) is 65.6 Å². The van der Waals surface area contributed by atoms with Crippen molar-refractivity contribution in [3.05, 3.63) is 72.6 Å². The van der Waals surface area contributed by atoms with Crippen molar-refractivity contribution >= 4 is 34.6 Å². The first kappa shape index (κ1) is 31.3. The second-order valence-corrected chi connectivity index (χ2v) is 12.4. The maximum Gasteiger partial charge on any atom is 0.247 e. The molecule has 13 heteroatoms. The molecule has 47 heavy (non-hydrogen) atoms. The fraction of sp³-hybridized carbons (Fsp3) is 0.441. The first-order chi connectivity index (χ1) is 22.9. The van der Waals surface area contributed by atoms with Gasteiger partial charge >= 0.3 is 0 Å². The fourth-order valence-electron chi connectivity index (χ4n) is 7.24. The molecule has 2 bridgehead atoms. The number of piperidine rings is 1. The monoisotopic (exact) mass is 647 g/mol. The highest BCUT2D eigenvalue weighted by atomic mass is 19.1. The Labute approximate surface area is 272 Å². The Kier molecular flexibility index (Phi) is 8.93. The molecule has 0 aliphatic carbocycles. The number of aromatic nitrogens is 2. The molecule has 3 atom stereocenters. The van der Waals surface area contributed by atoms with Crippen LogP contribution in [0.3, 0.4) is 0 Å². The molecule has 0 radical (unpaired) electrons. The summed E-state index contributed by atoms with van der Waals surface area (Å²) in [5.74, 6) is -0.214. The number of benzene rings is 2. The maximum atomic E-state index is 14.0. The first-order valence-corrected chi connectivity index (χ1v) is 16.1. The van der Waals surface area contributed by atoms with Crippen LogP contribution in [0, 0.1) is 11.6 Å². The van der Waals surface area contributed by atoms with E-state index < -0.39 is 17.7 Å². The zero-order valence-corrected chi connectivity index (χ0v) is 26.3. The largest absolute Gasteiger partial charge is 0.494 e. The van der Waals surface area contributed by atoms with Crippen LogP contribution in [0.5, 0.6) is 5.75 Å². The smallest absolute Gasteiger partial charge is 0.247 e. The molecule has 2 N–H and O–H groups in total. The molecule has 7 rings (SSSR count). The number of ether oxygens (including phenoxy) is 2. The Morgan fingerprint density at radius 2 is 1.72 bits per heavy atom. The Morgan fingerprint density at radius 3 is 2.43 bits per heavy atom. The van der Waals surface area contributed by atoms with Crippen LogP contribution in [0.2, 0.25) is 0 Å². The standard InChI is InChI=1S/C34H39F2N7O4/c1-3-34(44)40-27-15-28(31(45-2)16-30(27)41-9-6-24(7-10-41)42-18-25-4-5-26(19-42)47-25)39-32-17-33(38-20-37-32)43-29(8-11-46-43)21-12-22(35)14-23(36)13-21/h3,12-17,20,24-26,29H,1,4-11,18-19H2,2H3,(H,40,44)(H,37,38,39)/t25-,26+,29-/m1/s1. The van der Waals surface area contributed by atoms with Gasteiger partial charge in [-0.2, -0.15) is 0 Å². The number of carbonyl (C=O) groups excluding carboxylic acids is 1. The number of carbonyl (C=O) groups is 1. The van der Waals surface area contributed by atoms with Gasteiger partial charge in [0, 0.05) is 56.8 Å². The predicted molar refractivity (Wildman–Crippen MR) is 174 cm³/mol. The molecule has 3 aromatic rings. The maximum absolute atomic E-state index is 14.0. The van der Waals surface area contributed by atoms with Gasteiger partial charge in [0.2, 0.25) is 5.91 Å². The van der Waals surface area contributed by atoms with Crippen molar-refractivity contribution in [1.29, 1.82) is 0 Å². The summed E-state index contributed by atoms with van der Waals surface area (Å²) in [7, 11) is 1.59. The van der Waals surface area contributed by atoms with E-state index in [9.17, 15) is 13.6 Å². The van der Waals surface area contributed by atoms with Crippen LogP contribution >= 0.6 is 0 Å². The van der Waals surface area contributed by atoms with Crippen LogP contribution in [0.15, 0.2) is 55.4 Å². The van der Waals surface area contributed by atoms with Gasteiger partial charge in [0.1, 0.15) is 29.5 Å². The van der Waals surface area contributed by atoms with E-state index in [4.69, 9.17) is 14.3 Å². The molecule has 0 saturated carbocycles. The lowest BCUT2D eigenvalue weighted by atomic mass is 10.0. The molecule has 0 spiro atoms. The molecule has 1 amide bonds. The number of likely N-dealkylation sites (tertiary alicyclic amines) is 1. The molecule has 0 unspecified atom stereocenters. The minimum absolute atomic E-state index is 0.323. The second-order valence-electron chi connectivity index (χ2n) is 12.4. The van der Waals surface area contributed by atoms with E-state index in [1.54, 1.807) is 18.2 Å². The molecule has 4 aliphatic heterocycles. The highest BCUT2D eigenvalue weighted by Gasteiger charge is 2.38. The molecule has 4 saturated heterocycles. The lowest BCUT2D eigenvalue weighted by Crippen LogP contribution is -2.51. The number of morpholine rings is 1. The summed E-state index contributed by atoms with van der Waals surface area (Å²) in [5, 5.41) is 7.81. The number of rotatable bonds is 9. The highest BCUT2D eigenvalue weighted by molar-refractivity contribution is 6.02. The van der Waals surface area contributed by atoms with Crippen molar-refractivity contribution in [1.82, 2.24) is 14.9 Å². The summed E-state index contributed by atoms with van der Waals surface area (Å²) in [5.41, 5.74) is 2.51. The summed E-state index contributed by atoms with van der Waals surface area (Å²) >= 11 is 0. The average Bonchev–Trinajstić information content (AvgIpc) is 3.70. The van der Waals surface area contributed by atoms with E-state index in [1.807, 2.05) is 12.1 Å². The third-order valence-corrected chi connectivity index (χ3v) is 9.47. The van der Waals surface area contributed by atoms with Crippen LogP contribution in [-0.4, -0.2) is 78.9 Å². The zero-order chi connectivity index (χ0) is 32.5. The molecule has 4 fully saturated rings. The van der Waals surface area contributed by atoms with Crippen LogP contribution < -0.4 is 25.3 Å². The van der Waals surface area contributed by atoms with Crippen LogP contribution in [0.4, 0.5) is 37.5 Å². The summed E-state index contributed by atoms with van der Waals surface area (Å²) in [6, 6.07) is 8.97. The summed E-state index contributed by atoms with van der Waals surface area (Å²) in [6.45, 7) is 7.69. The van der Waals surface area contributed by atoms with Gasteiger partial charge < -0.3 is 25.0 Å². The van der Waals surface area contributed by atoms with E-state index in [1.165, 1.54) is 24.5 Å². The molecule has 1 aromatic heterocycles. The number of hydrogen-bond donors (Lipinski definition) is 2. The Morgan fingerprint density at radius 1 is 0.979 bits per heavy atom. The molecular weight excluding hydrogens is 608 g/mol. The molecule has 5 heterocycles. The van der Waals surface area contributed by atoms with Gasteiger partial charge in [0.05, 0.1) is 49.0 Å². The van der Waals surface area contributed by atoms with Gasteiger partial charge in [-0.05, 0) is 55.5 Å². The van der Waals surface area contributed by atoms with Crippen molar-refractivity contribution in [2.24, 2.45) is 0 Å². The number of methoxy groups -OCH3 is 1. The van der Waals surface area contributed by atoms with Crippen molar-refractivity contribution < 1.29 is 27.9 Å². The minimum atomic E-state index is -0.653. The van der Waals surface area contributed by atoms with E-state index in [0.717, 1.165) is 63.6 Å². The molecule has 4 aliphatic rings. The third kappa shape index (κ3) is 6.74. The van der Waals surface area contributed by atoms with Crippen molar-refractivity contribution in [2.45, 2.75) is 56.4 Å². The number of hydroxylamine groups is 1. The Hall–Kier alpha value is -4.33. The summed E-state index contributed by atoms with van der Waals surface area (Å²) in [6.07, 6.45) is 8.24. The average molecular weight is 648 g/mol. The Balaban J connectivity index is 1.11. The fourth-order valence-corrected chi connectivity index (χ4v) is 7.24. The van der Waals surface area contributed by atoms with Crippen molar-refractivity contribution in [3.8, 4) is 5.75 Å². The Bertz CT molecular complexity index is 1600. The number of halogens is 2. The number of hydrogen-bond acceptors (Lipinski definition) is 10. The quantitative estimate of drug-likeness (QED) is 0.296. The lowest BCUT2D eigenvalue weighted by Gasteiger charge is -2.43. The molecule has 2 aromatic carbocycles. The van der Waals surface area contributed by atoms with Gasteiger partial charge in [-0.1, -0.05) is 6.58 Å². The summed E-state index contributed by atoms with van der Waals surface area (Å²) < 4.78 is 39.9. The number of amides is 1. The second kappa shape index (κ2) is 13.4. The predicted octanol–water partition coefficient (Wildman–Crippen LogP) is 5.35. The van der Waals surface area contributed by atoms with Crippen LogP contribution in [0.25, 0.3) is 0 Å². The van der Waals surface area contributed by atoms with Crippen LogP contribution in [-0.2, 0) is 14.4 Å². The number of nitrogens with zero attached hydrogens (tertiary/aromatic N) is 5. The van der Waals surface area contributed by atoms with E-state index in [-0.39, 0.29) is 5.91 Å². The van der Waals surface area contributed by atoms with Crippen molar-refractivity contribution in [2.75, 3.05) is 60.5 Å². The topological polar surface area (TPSA) is 104 Å². The van der Waals surface area contributed by atoms with Gasteiger partial charge in [0.25, 0.3) is 0 Å². The zero-order valence-electron chi connectivity index (χ0n) is 26.3. The normalized spacial score (nSPS) is 23.2. The number of anilines is 5.